The van der Waals surface area contributed by atoms with Gasteiger partial charge in [0.05, 0.1) is 17.5 Å². The molecule has 4 N–H and O–H groups in total. The van der Waals surface area contributed by atoms with Crippen LogP contribution in [0.5, 0.6) is 0 Å². The van der Waals surface area contributed by atoms with Gasteiger partial charge in [-0.1, -0.05) is 12.1 Å². The van der Waals surface area contributed by atoms with Crippen molar-refractivity contribution in [2.45, 2.75) is 30.5 Å². The molecule has 1 aromatic rings. The van der Waals surface area contributed by atoms with Crippen molar-refractivity contribution in [3.63, 3.8) is 0 Å². The van der Waals surface area contributed by atoms with Crippen molar-refractivity contribution in [1.82, 2.24) is 0 Å². The number of ether oxygens (including phenoxy) is 1. The number of aliphatic imine (C=N–C) groups is 1. The molecule has 1 aliphatic heterocycles. The van der Waals surface area contributed by atoms with Crippen molar-refractivity contribution in [2.75, 3.05) is 6.61 Å². The van der Waals surface area contributed by atoms with E-state index in [2.05, 4.69) is 22.4 Å². The lowest BCUT2D eigenvalue weighted by Crippen LogP contribution is -2.55. The Labute approximate surface area is 121 Å². The van der Waals surface area contributed by atoms with Gasteiger partial charge in [-0.3, -0.25) is 0 Å². The van der Waals surface area contributed by atoms with Gasteiger partial charge in [0.1, 0.15) is 30.5 Å². The third-order valence-electron chi connectivity index (χ3n) is 3.29. The number of aliphatic hydroxyl groups is 4. The van der Waals surface area contributed by atoms with Gasteiger partial charge in [-0.05, 0) is 29.9 Å². The lowest BCUT2D eigenvalue weighted by atomic mass is 9.91. The van der Waals surface area contributed by atoms with Gasteiger partial charge in [0.25, 0.3) is 0 Å². The summed E-state index contributed by atoms with van der Waals surface area (Å²) in [6.45, 7) is -0.450. The minimum absolute atomic E-state index is 0.450. The molecule has 2 rings (SSSR count). The Kier molecular flexibility index (Phi) is 4.95. The van der Waals surface area contributed by atoms with E-state index in [1.165, 1.54) is 0 Å². The van der Waals surface area contributed by atoms with Crippen molar-refractivity contribution in [3.05, 3.63) is 29.8 Å². The Balaban J connectivity index is 2.24. The maximum absolute atomic E-state index is 9.98. The molecular formula is C13H15NO5S. The highest BCUT2D eigenvalue weighted by Crippen LogP contribution is 2.32. The van der Waals surface area contributed by atoms with Gasteiger partial charge in [0.15, 0.2) is 0 Å². The first-order chi connectivity index (χ1) is 9.58. The fourth-order valence-electron chi connectivity index (χ4n) is 2.17. The highest BCUT2D eigenvalue weighted by atomic mass is 32.1. The van der Waals surface area contributed by atoms with Crippen LogP contribution in [-0.2, 0) is 4.74 Å². The van der Waals surface area contributed by atoms with E-state index in [0.29, 0.717) is 11.3 Å². The topological polar surface area (TPSA) is 103 Å². The lowest BCUT2D eigenvalue weighted by molar-refractivity contribution is -0.231. The molecule has 0 radical (unpaired) electrons. The van der Waals surface area contributed by atoms with Gasteiger partial charge in [0, 0.05) is 0 Å². The first-order valence-electron chi connectivity index (χ1n) is 6.07. The molecule has 20 heavy (non-hydrogen) atoms. The zero-order valence-electron chi connectivity index (χ0n) is 10.5. The van der Waals surface area contributed by atoms with Gasteiger partial charge in [0.2, 0.25) is 0 Å². The summed E-state index contributed by atoms with van der Waals surface area (Å²) in [6, 6.07) is 6.66. The summed E-state index contributed by atoms with van der Waals surface area (Å²) in [4.78, 5) is 3.80. The number of isothiocyanates is 1. The van der Waals surface area contributed by atoms with Crippen molar-refractivity contribution in [3.8, 4) is 0 Å². The van der Waals surface area contributed by atoms with Crippen LogP contribution >= 0.6 is 12.2 Å². The molecule has 0 aliphatic carbocycles. The molecule has 1 aromatic carbocycles. The van der Waals surface area contributed by atoms with Gasteiger partial charge < -0.3 is 25.2 Å². The van der Waals surface area contributed by atoms with Crippen LogP contribution in [0.25, 0.3) is 0 Å². The second-order valence-corrected chi connectivity index (χ2v) is 4.73. The van der Waals surface area contributed by atoms with Crippen molar-refractivity contribution in [1.29, 1.82) is 0 Å². The third-order valence-corrected chi connectivity index (χ3v) is 3.38. The minimum Gasteiger partial charge on any atom is -0.394 e. The van der Waals surface area contributed by atoms with E-state index in [4.69, 9.17) is 9.84 Å². The number of nitrogens with zero attached hydrogens (tertiary/aromatic N) is 1. The molecule has 108 valence electrons. The average Bonchev–Trinajstić information content (AvgIpc) is 2.47. The number of aliphatic hydroxyl groups excluding tert-OH is 4. The Bertz CT molecular complexity index is 500. The van der Waals surface area contributed by atoms with E-state index in [9.17, 15) is 15.3 Å². The van der Waals surface area contributed by atoms with E-state index in [-0.39, 0.29) is 0 Å². The quantitative estimate of drug-likeness (QED) is 0.460. The Morgan fingerprint density at radius 3 is 2.30 bits per heavy atom. The molecule has 0 bridgehead atoms. The predicted molar refractivity (Wildman–Crippen MR) is 73.8 cm³/mol. The average molecular weight is 297 g/mol. The van der Waals surface area contributed by atoms with Crippen LogP contribution in [0.4, 0.5) is 5.69 Å². The molecule has 0 unspecified atom stereocenters. The fraction of sp³-hybridized carbons (Fsp3) is 0.462. The molecule has 1 fully saturated rings. The summed E-state index contributed by atoms with van der Waals surface area (Å²) in [7, 11) is 0. The summed E-state index contributed by atoms with van der Waals surface area (Å²) in [6.07, 6.45) is -5.78. The Hall–Kier alpha value is -1.18. The normalized spacial score (nSPS) is 33.5. The van der Waals surface area contributed by atoms with Crippen LogP contribution in [0.3, 0.4) is 0 Å². The highest BCUT2D eigenvalue weighted by molar-refractivity contribution is 7.78. The molecule has 6 nitrogen and oxygen atoms in total. The number of benzene rings is 1. The van der Waals surface area contributed by atoms with Crippen LogP contribution in [0.1, 0.15) is 11.7 Å². The van der Waals surface area contributed by atoms with Crippen molar-refractivity contribution >= 4 is 23.1 Å². The molecule has 1 saturated heterocycles. The van der Waals surface area contributed by atoms with Crippen LogP contribution < -0.4 is 0 Å². The van der Waals surface area contributed by atoms with E-state index in [0.717, 1.165) is 0 Å². The maximum Gasteiger partial charge on any atom is 0.113 e. The smallest absolute Gasteiger partial charge is 0.113 e. The van der Waals surface area contributed by atoms with Crippen LogP contribution in [-0.4, -0.2) is 56.6 Å². The first-order valence-corrected chi connectivity index (χ1v) is 6.47. The van der Waals surface area contributed by atoms with Gasteiger partial charge in [-0.2, -0.15) is 4.99 Å². The number of hydrogen-bond acceptors (Lipinski definition) is 7. The van der Waals surface area contributed by atoms with Crippen LogP contribution in [0.15, 0.2) is 29.3 Å². The summed E-state index contributed by atoms with van der Waals surface area (Å²) in [5, 5.41) is 40.8. The molecule has 1 heterocycles. The zero-order valence-corrected chi connectivity index (χ0v) is 11.3. The van der Waals surface area contributed by atoms with Crippen molar-refractivity contribution in [2.24, 2.45) is 4.99 Å². The van der Waals surface area contributed by atoms with Crippen LogP contribution in [0.2, 0.25) is 0 Å². The van der Waals surface area contributed by atoms with E-state index >= 15 is 0 Å². The van der Waals surface area contributed by atoms with Gasteiger partial charge in [-0.15, -0.1) is 0 Å². The van der Waals surface area contributed by atoms with Gasteiger partial charge >= 0.3 is 0 Å². The number of hydrogen-bond donors (Lipinski definition) is 4. The number of rotatable bonds is 3. The molecular weight excluding hydrogens is 282 g/mol. The Morgan fingerprint density at radius 1 is 1.10 bits per heavy atom. The largest absolute Gasteiger partial charge is 0.394 e. The second kappa shape index (κ2) is 6.51. The lowest BCUT2D eigenvalue weighted by Gasteiger charge is -2.40. The van der Waals surface area contributed by atoms with E-state index in [1.54, 1.807) is 24.3 Å². The molecule has 0 spiro atoms. The maximum atomic E-state index is 9.98. The monoisotopic (exact) mass is 297 g/mol. The molecule has 1 aliphatic rings. The number of thiocarbonyl (C=S) groups is 1. The highest BCUT2D eigenvalue weighted by Gasteiger charge is 2.43. The summed E-state index contributed by atoms with van der Waals surface area (Å²) >= 11 is 4.50. The summed E-state index contributed by atoms with van der Waals surface area (Å²) in [5.74, 6) is 0. The summed E-state index contributed by atoms with van der Waals surface area (Å²) in [5.41, 5.74) is 1.21. The molecule has 0 saturated carbocycles. The van der Waals surface area contributed by atoms with Crippen molar-refractivity contribution < 1.29 is 25.2 Å². The molecule has 0 aromatic heterocycles. The molecule has 5 atom stereocenters. The van der Waals surface area contributed by atoms with E-state index in [1.807, 2.05) is 0 Å². The third kappa shape index (κ3) is 2.94. The van der Waals surface area contributed by atoms with E-state index < -0.39 is 37.1 Å². The fourth-order valence-corrected chi connectivity index (χ4v) is 2.27. The van der Waals surface area contributed by atoms with Crippen LogP contribution in [0, 0.1) is 0 Å². The standard InChI is InChI=1S/C13H15NO5S/c15-5-9-10(16)11(17)12(18)13(19-9)7-1-3-8(4-2-7)14-6-20/h1-4,9-13,15-18H,5H2/t9-,10-,11+,12+,13-/m1/s1. The zero-order chi connectivity index (χ0) is 14.7. The summed E-state index contributed by atoms with van der Waals surface area (Å²) < 4.78 is 5.44. The molecule has 7 heteroatoms. The molecule has 0 amide bonds. The second-order valence-electron chi connectivity index (χ2n) is 4.54. The first kappa shape index (κ1) is 15.2. The predicted octanol–water partition coefficient (Wildman–Crippen LogP) is -0.0642. The minimum atomic E-state index is -1.38. The SMILES string of the molecule is OC[C@H]1O[C@H](c2ccc(N=C=S)cc2)[C@@H](O)[C@@H](O)[C@@H]1O. The Morgan fingerprint density at radius 2 is 1.75 bits per heavy atom. The van der Waals surface area contributed by atoms with Gasteiger partial charge in [-0.25, -0.2) is 0 Å².